The SMILES string of the molecule is Nc1ccc(N2CCCC2c2ccccc2)c(I)c1. The number of rotatable bonds is 2. The molecule has 0 saturated carbocycles. The van der Waals surface area contributed by atoms with Crippen molar-refractivity contribution in [2.45, 2.75) is 18.9 Å². The number of hydrogen-bond acceptors (Lipinski definition) is 2. The molecule has 1 heterocycles. The van der Waals surface area contributed by atoms with Crippen LogP contribution in [0, 0.1) is 3.57 Å². The minimum Gasteiger partial charge on any atom is -0.399 e. The van der Waals surface area contributed by atoms with Gasteiger partial charge < -0.3 is 10.6 Å². The van der Waals surface area contributed by atoms with Crippen LogP contribution in [-0.2, 0) is 0 Å². The molecular weight excluding hydrogens is 347 g/mol. The molecule has 2 aromatic rings. The zero-order valence-corrected chi connectivity index (χ0v) is 12.9. The number of halogens is 1. The molecule has 1 fully saturated rings. The van der Waals surface area contributed by atoms with Crippen molar-refractivity contribution >= 4 is 34.0 Å². The van der Waals surface area contributed by atoms with Crippen LogP contribution in [0.1, 0.15) is 24.4 Å². The minimum atomic E-state index is 0.498. The van der Waals surface area contributed by atoms with Gasteiger partial charge in [0.25, 0.3) is 0 Å². The first-order valence-electron chi connectivity index (χ1n) is 6.62. The standard InChI is InChI=1S/C16H17IN2/c17-14-11-13(18)8-9-16(14)19-10-4-7-15(19)12-5-2-1-3-6-12/h1-3,5-6,8-9,11,15H,4,7,10,18H2. The summed E-state index contributed by atoms with van der Waals surface area (Å²) >= 11 is 2.38. The first kappa shape index (κ1) is 12.8. The van der Waals surface area contributed by atoms with E-state index in [1.807, 2.05) is 6.07 Å². The summed E-state index contributed by atoms with van der Waals surface area (Å²) in [5.41, 5.74) is 9.40. The fourth-order valence-electron chi connectivity index (χ4n) is 2.83. The minimum absolute atomic E-state index is 0.498. The Morgan fingerprint density at radius 1 is 1.11 bits per heavy atom. The molecule has 1 saturated heterocycles. The Morgan fingerprint density at radius 3 is 2.63 bits per heavy atom. The molecule has 2 aromatic carbocycles. The van der Waals surface area contributed by atoms with Gasteiger partial charge in [0, 0.05) is 15.8 Å². The van der Waals surface area contributed by atoms with Gasteiger partial charge in [-0.2, -0.15) is 0 Å². The van der Waals surface area contributed by atoms with E-state index in [1.165, 1.54) is 27.7 Å². The lowest BCUT2D eigenvalue weighted by Crippen LogP contribution is -2.23. The predicted molar refractivity (Wildman–Crippen MR) is 89.3 cm³/mol. The Hall–Kier alpha value is -1.23. The molecule has 1 unspecified atom stereocenters. The van der Waals surface area contributed by atoms with E-state index in [1.54, 1.807) is 0 Å². The molecular formula is C16H17IN2. The molecule has 1 aliphatic rings. The largest absolute Gasteiger partial charge is 0.399 e. The first-order chi connectivity index (χ1) is 9.25. The number of benzene rings is 2. The highest BCUT2D eigenvalue weighted by molar-refractivity contribution is 14.1. The van der Waals surface area contributed by atoms with Crippen molar-refractivity contribution in [3.05, 3.63) is 57.7 Å². The number of nitrogen functional groups attached to an aromatic ring is 1. The van der Waals surface area contributed by atoms with Crippen molar-refractivity contribution in [1.29, 1.82) is 0 Å². The van der Waals surface area contributed by atoms with Gasteiger partial charge in [0.05, 0.1) is 11.7 Å². The number of hydrogen-bond donors (Lipinski definition) is 1. The zero-order valence-electron chi connectivity index (χ0n) is 10.7. The van der Waals surface area contributed by atoms with Crippen LogP contribution in [0.15, 0.2) is 48.5 Å². The first-order valence-corrected chi connectivity index (χ1v) is 7.70. The second-order valence-corrected chi connectivity index (χ2v) is 6.14. The summed E-state index contributed by atoms with van der Waals surface area (Å²) in [6.45, 7) is 1.12. The molecule has 0 spiro atoms. The highest BCUT2D eigenvalue weighted by Gasteiger charge is 2.27. The fraction of sp³-hybridized carbons (Fsp3) is 0.250. The van der Waals surface area contributed by atoms with Crippen LogP contribution in [0.3, 0.4) is 0 Å². The van der Waals surface area contributed by atoms with Crippen LogP contribution < -0.4 is 10.6 Å². The molecule has 1 aliphatic heterocycles. The zero-order chi connectivity index (χ0) is 13.2. The Balaban J connectivity index is 1.95. The van der Waals surface area contributed by atoms with Crippen LogP contribution in [0.5, 0.6) is 0 Å². The fourth-order valence-corrected chi connectivity index (χ4v) is 3.68. The second-order valence-electron chi connectivity index (χ2n) is 4.97. The molecule has 98 valence electrons. The van der Waals surface area contributed by atoms with Crippen LogP contribution in [0.2, 0.25) is 0 Å². The lowest BCUT2D eigenvalue weighted by Gasteiger charge is -2.28. The van der Waals surface area contributed by atoms with Crippen molar-refractivity contribution in [3.63, 3.8) is 0 Å². The van der Waals surface area contributed by atoms with Gasteiger partial charge in [0.15, 0.2) is 0 Å². The molecule has 2 N–H and O–H groups in total. The van der Waals surface area contributed by atoms with Crippen LogP contribution in [0.4, 0.5) is 11.4 Å². The molecule has 2 nitrogen and oxygen atoms in total. The summed E-state index contributed by atoms with van der Waals surface area (Å²) in [4.78, 5) is 2.51. The summed E-state index contributed by atoms with van der Waals surface area (Å²) < 4.78 is 1.24. The normalized spacial score (nSPS) is 18.8. The van der Waals surface area contributed by atoms with Crippen molar-refractivity contribution in [2.24, 2.45) is 0 Å². The van der Waals surface area contributed by atoms with E-state index in [4.69, 9.17) is 5.73 Å². The van der Waals surface area contributed by atoms with E-state index in [0.29, 0.717) is 6.04 Å². The van der Waals surface area contributed by atoms with E-state index < -0.39 is 0 Å². The third kappa shape index (κ3) is 2.56. The molecule has 0 bridgehead atoms. The highest BCUT2D eigenvalue weighted by atomic mass is 127. The van der Waals surface area contributed by atoms with E-state index >= 15 is 0 Å². The predicted octanol–water partition coefficient (Wildman–Crippen LogP) is 4.21. The molecule has 3 rings (SSSR count). The molecule has 1 atom stereocenters. The Bertz CT molecular complexity index is 568. The number of nitrogens with two attached hydrogens (primary N) is 1. The van der Waals surface area contributed by atoms with E-state index in [2.05, 4.69) is 70.0 Å². The van der Waals surface area contributed by atoms with Gasteiger partial charge in [-0.3, -0.25) is 0 Å². The van der Waals surface area contributed by atoms with Gasteiger partial charge >= 0.3 is 0 Å². The number of nitrogens with zero attached hydrogens (tertiary/aromatic N) is 1. The summed E-state index contributed by atoms with van der Waals surface area (Å²) in [6, 6.07) is 17.5. The molecule has 19 heavy (non-hydrogen) atoms. The van der Waals surface area contributed by atoms with Crippen molar-refractivity contribution < 1.29 is 0 Å². The molecule has 0 amide bonds. The summed E-state index contributed by atoms with van der Waals surface area (Å²) in [7, 11) is 0. The average Bonchev–Trinajstić information content (AvgIpc) is 2.89. The van der Waals surface area contributed by atoms with Gasteiger partial charge in [-0.05, 0) is 59.2 Å². The van der Waals surface area contributed by atoms with Gasteiger partial charge in [-0.15, -0.1) is 0 Å². The maximum absolute atomic E-state index is 5.85. The topological polar surface area (TPSA) is 29.3 Å². The molecule has 0 aromatic heterocycles. The maximum atomic E-state index is 5.85. The van der Waals surface area contributed by atoms with Gasteiger partial charge in [0.2, 0.25) is 0 Å². The molecule has 0 aliphatic carbocycles. The van der Waals surface area contributed by atoms with Crippen molar-refractivity contribution in [1.82, 2.24) is 0 Å². The van der Waals surface area contributed by atoms with Crippen LogP contribution >= 0.6 is 22.6 Å². The quantitative estimate of drug-likeness (QED) is 0.639. The van der Waals surface area contributed by atoms with Crippen molar-refractivity contribution in [2.75, 3.05) is 17.2 Å². The van der Waals surface area contributed by atoms with E-state index in [0.717, 1.165) is 12.2 Å². The lowest BCUT2D eigenvalue weighted by atomic mass is 10.0. The molecule has 0 radical (unpaired) electrons. The second kappa shape index (κ2) is 5.41. The summed E-state index contributed by atoms with van der Waals surface area (Å²) in [6.07, 6.45) is 2.48. The average molecular weight is 364 g/mol. The Morgan fingerprint density at radius 2 is 1.89 bits per heavy atom. The number of anilines is 2. The van der Waals surface area contributed by atoms with Gasteiger partial charge in [-0.25, -0.2) is 0 Å². The third-order valence-electron chi connectivity index (χ3n) is 3.72. The Labute approximate surface area is 127 Å². The third-order valence-corrected chi connectivity index (χ3v) is 4.58. The maximum Gasteiger partial charge on any atom is 0.0543 e. The van der Waals surface area contributed by atoms with Crippen molar-refractivity contribution in [3.8, 4) is 0 Å². The van der Waals surface area contributed by atoms with Crippen LogP contribution in [-0.4, -0.2) is 6.54 Å². The van der Waals surface area contributed by atoms with Gasteiger partial charge in [-0.1, -0.05) is 30.3 Å². The molecule has 3 heteroatoms. The highest BCUT2D eigenvalue weighted by Crippen LogP contribution is 2.38. The summed E-state index contributed by atoms with van der Waals surface area (Å²) in [5.74, 6) is 0. The monoisotopic (exact) mass is 364 g/mol. The smallest absolute Gasteiger partial charge is 0.0543 e. The lowest BCUT2D eigenvalue weighted by molar-refractivity contribution is 0.718. The van der Waals surface area contributed by atoms with E-state index in [-0.39, 0.29) is 0 Å². The van der Waals surface area contributed by atoms with Gasteiger partial charge in [0.1, 0.15) is 0 Å². The Kier molecular flexibility index (Phi) is 3.64. The van der Waals surface area contributed by atoms with E-state index in [9.17, 15) is 0 Å². The summed E-state index contributed by atoms with van der Waals surface area (Å²) in [5, 5.41) is 0. The van der Waals surface area contributed by atoms with Crippen LogP contribution in [0.25, 0.3) is 0 Å².